The molecule has 0 bridgehead atoms. The standard InChI is InChI=1S/C23H18BrN3O4/c1-31-20-11-7-15(8-12-20)21-14-22(17-3-2-4-19(13-17)27(29)30)26(25-21)23(28)16-5-9-18(24)10-6-16/h2-13,22H,14H2,1H3. The molecule has 8 heteroatoms. The van der Waals surface area contributed by atoms with E-state index in [0.717, 1.165) is 21.5 Å². The lowest BCUT2D eigenvalue weighted by atomic mass is 9.97. The molecule has 0 fully saturated rings. The highest BCUT2D eigenvalue weighted by molar-refractivity contribution is 9.10. The molecular formula is C23H18BrN3O4. The first-order valence-electron chi connectivity index (χ1n) is 9.51. The monoisotopic (exact) mass is 479 g/mol. The van der Waals surface area contributed by atoms with Crippen LogP contribution in [0.2, 0.25) is 0 Å². The van der Waals surface area contributed by atoms with Crippen LogP contribution in [0.15, 0.2) is 82.4 Å². The predicted molar refractivity (Wildman–Crippen MR) is 120 cm³/mol. The van der Waals surface area contributed by atoms with Gasteiger partial charge in [-0.25, -0.2) is 5.01 Å². The molecule has 1 aliphatic rings. The molecule has 0 spiro atoms. The Morgan fingerprint density at radius 1 is 1.13 bits per heavy atom. The number of nitro benzene ring substituents is 1. The van der Waals surface area contributed by atoms with E-state index < -0.39 is 11.0 Å². The molecule has 1 heterocycles. The van der Waals surface area contributed by atoms with Crippen LogP contribution >= 0.6 is 15.9 Å². The van der Waals surface area contributed by atoms with Crippen molar-refractivity contribution in [3.63, 3.8) is 0 Å². The van der Waals surface area contributed by atoms with Crippen molar-refractivity contribution < 1.29 is 14.5 Å². The summed E-state index contributed by atoms with van der Waals surface area (Å²) in [6.07, 6.45) is 0.440. The molecule has 0 aromatic heterocycles. The van der Waals surface area contributed by atoms with Gasteiger partial charge in [0.25, 0.3) is 11.6 Å². The fourth-order valence-corrected chi connectivity index (χ4v) is 3.75. The van der Waals surface area contributed by atoms with Crippen molar-refractivity contribution in [1.82, 2.24) is 5.01 Å². The summed E-state index contributed by atoms with van der Waals surface area (Å²) in [6.45, 7) is 0. The minimum Gasteiger partial charge on any atom is -0.497 e. The van der Waals surface area contributed by atoms with E-state index in [1.807, 2.05) is 24.3 Å². The van der Waals surface area contributed by atoms with E-state index in [4.69, 9.17) is 4.74 Å². The molecular weight excluding hydrogens is 462 g/mol. The molecule has 3 aromatic carbocycles. The lowest BCUT2D eigenvalue weighted by Crippen LogP contribution is -2.27. The zero-order chi connectivity index (χ0) is 22.0. The van der Waals surface area contributed by atoms with Gasteiger partial charge in [0, 0.05) is 28.6 Å². The first-order valence-corrected chi connectivity index (χ1v) is 10.3. The van der Waals surface area contributed by atoms with Crippen molar-refractivity contribution in [3.05, 3.63) is 104 Å². The number of rotatable bonds is 5. The Labute approximate surface area is 187 Å². The van der Waals surface area contributed by atoms with Crippen molar-refractivity contribution in [1.29, 1.82) is 0 Å². The van der Waals surface area contributed by atoms with Gasteiger partial charge >= 0.3 is 0 Å². The van der Waals surface area contributed by atoms with Gasteiger partial charge in [0.1, 0.15) is 5.75 Å². The zero-order valence-corrected chi connectivity index (χ0v) is 18.2. The van der Waals surface area contributed by atoms with E-state index in [1.54, 1.807) is 43.5 Å². The topological polar surface area (TPSA) is 85.0 Å². The number of benzene rings is 3. The fraction of sp³-hybridized carbons (Fsp3) is 0.130. The normalized spacial score (nSPS) is 15.5. The van der Waals surface area contributed by atoms with Crippen LogP contribution in [0.3, 0.4) is 0 Å². The van der Waals surface area contributed by atoms with Crippen molar-refractivity contribution >= 4 is 33.2 Å². The second kappa shape index (κ2) is 8.69. The van der Waals surface area contributed by atoms with Crippen LogP contribution < -0.4 is 4.74 Å². The zero-order valence-electron chi connectivity index (χ0n) is 16.6. The number of amides is 1. The smallest absolute Gasteiger partial charge is 0.274 e. The highest BCUT2D eigenvalue weighted by atomic mass is 79.9. The molecule has 3 aromatic rings. The summed E-state index contributed by atoms with van der Waals surface area (Å²) in [4.78, 5) is 24.1. The van der Waals surface area contributed by atoms with Crippen LogP contribution in [0.4, 0.5) is 5.69 Å². The average molecular weight is 480 g/mol. The third-order valence-electron chi connectivity index (χ3n) is 5.10. The summed E-state index contributed by atoms with van der Waals surface area (Å²) in [5, 5.41) is 17.3. The second-order valence-electron chi connectivity index (χ2n) is 7.00. The van der Waals surface area contributed by atoms with Crippen molar-refractivity contribution in [2.45, 2.75) is 12.5 Å². The Morgan fingerprint density at radius 3 is 2.48 bits per heavy atom. The summed E-state index contributed by atoms with van der Waals surface area (Å²) in [5.41, 5.74) is 2.71. The summed E-state index contributed by atoms with van der Waals surface area (Å²) >= 11 is 3.37. The Bertz CT molecular complexity index is 1160. The van der Waals surface area contributed by atoms with Crippen LogP contribution in [0.1, 0.15) is 33.9 Å². The highest BCUT2D eigenvalue weighted by Crippen LogP contribution is 2.35. The van der Waals surface area contributed by atoms with Gasteiger partial charge in [0.2, 0.25) is 0 Å². The van der Waals surface area contributed by atoms with E-state index >= 15 is 0 Å². The van der Waals surface area contributed by atoms with Crippen LogP contribution in [0.25, 0.3) is 0 Å². The second-order valence-corrected chi connectivity index (χ2v) is 7.92. The van der Waals surface area contributed by atoms with E-state index in [2.05, 4.69) is 21.0 Å². The molecule has 0 saturated heterocycles. The predicted octanol–water partition coefficient (Wildman–Crippen LogP) is 5.36. The molecule has 156 valence electrons. The lowest BCUT2D eigenvalue weighted by molar-refractivity contribution is -0.384. The molecule has 31 heavy (non-hydrogen) atoms. The number of halogens is 1. The van der Waals surface area contributed by atoms with Gasteiger partial charge in [-0.2, -0.15) is 5.10 Å². The highest BCUT2D eigenvalue weighted by Gasteiger charge is 2.34. The number of non-ortho nitro benzene ring substituents is 1. The van der Waals surface area contributed by atoms with Gasteiger partial charge in [-0.15, -0.1) is 0 Å². The van der Waals surface area contributed by atoms with Gasteiger partial charge < -0.3 is 4.74 Å². The minimum atomic E-state index is -0.451. The number of ether oxygens (including phenoxy) is 1. The molecule has 7 nitrogen and oxygen atoms in total. The number of hydrogen-bond acceptors (Lipinski definition) is 5. The van der Waals surface area contributed by atoms with Crippen molar-refractivity contribution in [2.75, 3.05) is 7.11 Å². The largest absolute Gasteiger partial charge is 0.497 e. The maximum absolute atomic E-state index is 13.3. The Hall–Kier alpha value is -3.52. The van der Waals surface area contributed by atoms with Gasteiger partial charge in [-0.3, -0.25) is 14.9 Å². The van der Waals surface area contributed by atoms with E-state index in [1.165, 1.54) is 17.1 Å². The van der Waals surface area contributed by atoms with Crippen LogP contribution in [0.5, 0.6) is 5.75 Å². The maximum atomic E-state index is 13.3. The SMILES string of the molecule is COc1ccc(C2=NN(C(=O)c3ccc(Br)cc3)C(c3cccc([N+](=O)[O-])c3)C2)cc1. The first-order chi connectivity index (χ1) is 15.0. The summed E-state index contributed by atoms with van der Waals surface area (Å²) in [5.74, 6) is 0.452. The number of carbonyl (C=O) groups is 1. The van der Waals surface area contributed by atoms with Crippen molar-refractivity contribution in [2.24, 2.45) is 5.10 Å². The first kappa shape index (κ1) is 20.7. The van der Waals surface area contributed by atoms with Gasteiger partial charge in [-0.05, 0) is 59.7 Å². The molecule has 4 rings (SSSR count). The fourth-order valence-electron chi connectivity index (χ4n) is 3.49. The quantitative estimate of drug-likeness (QED) is 0.364. The van der Waals surface area contributed by atoms with Gasteiger partial charge in [-0.1, -0.05) is 28.1 Å². The van der Waals surface area contributed by atoms with Crippen molar-refractivity contribution in [3.8, 4) is 5.75 Å². The summed E-state index contributed by atoms with van der Waals surface area (Å²) in [7, 11) is 1.60. The van der Waals surface area contributed by atoms with E-state index in [9.17, 15) is 14.9 Å². The Balaban J connectivity index is 1.73. The Morgan fingerprint density at radius 2 is 1.84 bits per heavy atom. The third-order valence-corrected chi connectivity index (χ3v) is 5.63. The molecule has 0 aliphatic carbocycles. The molecule has 0 N–H and O–H groups in total. The number of hydrazone groups is 1. The van der Waals surface area contributed by atoms with Crippen LogP contribution in [0, 0.1) is 10.1 Å². The summed E-state index contributed by atoms with van der Waals surface area (Å²) in [6, 6.07) is 20.4. The summed E-state index contributed by atoms with van der Waals surface area (Å²) < 4.78 is 6.08. The lowest BCUT2D eigenvalue weighted by Gasteiger charge is -2.22. The number of nitro groups is 1. The van der Waals surface area contributed by atoms with Gasteiger partial charge in [0.15, 0.2) is 0 Å². The van der Waals surface area contributed by atoms with Crippen LogP contribution in [-0.2, 0) is 0 Å². The number of nitrogens with zero attached hydrogens (tertiary/aromatic N) is 3. The number of carbonyl (C=O) groups excluding carboxylic acids is 1. The van der Waals surface area contributed by atoms with Gasteiger partial charge in [0.05, 0.1) is 23.8 Å². The van der Waals surface area contributed by atoms with E-state index in [0.29, 0.717) is 17.5 Å². The third kappa shape index (κ3) is 4.34. The molecule has 0 saturated carbocycles. The average Bonchev–Trinajstić information content (AvgIpc) is 3.25. The number of methoxy groups -OCH3 is 1. The number of hydrogen-bond donors (Lipinski definition) is 0. The minimum absolute atomic E-state index is 0.0218. The molecule has 0 radical (unpaired) electrons. The molecule has 1 aliphatic heterocycles. The maximum Gasteiger partial charge on any atom is 0.274 e. The molecule has 1 atom stereocenters. The molecule has 1 unspecified atom stereocenters. The van der Waals surface area contributed by atoms with Crippen LogP contribution in [-0.4, -0.2) is 28.7 Å². The van der Waals surface area contributed by atoms with E-state index in [-0.39, 0.29) is 11.6 Å². The Kier molecular flexibility index (Phi) is 5.81. The molecule has 1 amide bonds.